The van der Waals surface area contributed by atoms with Gasteiger partial charge in [-0.05, 0) is 63.9 Å². The first-order valence-electron chi connectivity index (χ1n) is 19.3. The molecule has 0 bridgehead atoms. The van der Waals surface area contributed by atoms with Gasteiger partial charge in [0, 0.05) is 24.2 Å². The maximum atomic E-state index is 14.3. The molecular weight excluding hydrogens is 885 g/mol. The van der Waals surface area contributed by atoms with Crippen molar-refractivity contribution in [3.8, 4) is 0 Å². The van der Waals surface area contributed by atoms with Gasteiger partial charge in [0.1, 0.15) is 29.7 Å². The predicted molar refractivity (Wildman–Crippen MR) is 233 cm³/mol. The lowest BCUT2D eigenvalue weighted by Gasteiger charge is -2.50. The van der Waals surface area contributed by atoms with Gasteiger partial charge in [0.15, 0.2) is 6.10 Å². The summed E-state index contributed by atoms with van der Waals surface area (Å²) in [4.78, 5) is 71.5. The number of ether oxygens (including phenoxy) is 1. The molecule has 4 heterocycles. The summed E-state index contributed by atoms with van der Waals surface area (Å²) in [5.41, 5.74) is 9.86. The number of nitrogens with two attached hydrogens (primary N) is 1. The topological polar surface area (TPSA) is 263 Å². The second kappa shape index (κ2) is 19.7. The van der Waals surface area contributed by atoms with Crippen molar-refractivity contribution in [3.63, 3.8) is 0 Å². The number of fused-ring (bicyclic) bond motifs is 1. The lowest BCUT2D eigenvalue weighted by atomic mass is 10.00. The van der Waals surface area contributed by atoms with E-state index in [1.54, 1.807) is 43.4 Å². The molecule has 1 saturated heterocycles. The van der Waals surface area contributed by atoms with Crippen molar-refractivity contribution in [1.82, 2.24) is 40.6 Å². The second-order valence-electron chi connectivity index (χ2n) is 14.4. The van der Waals surface area contributed by atoms with E-state index in [4.69, 9.17) is 15.0 Å². The number of esters is 1. The van der Waals surface area contributed by atoms with Crippen molar-refractivity contribution in [2.24, 2.45) is 7.05 Å². The number of rotatable bonds is 12. The number of aromatic nitrogens is 4. The lowest BCUT2D eigenvalue weighted by Crippen LogP contribution is -2.71. The Morgan fingerprint density at radius 1 is 0.969 bits per heavy atom. The Kier molecular flexibility index (Phi) is 13.9. The van der Waals surface area contributed by atoms with Crippen LogP contribution < -0.4 is 21.4 Å². The molecule has 0 spiro atoms. The Bertz CT molecular complexity index is 2680. The van der Waals surface area contributed by atoms with Gasteiger partial charge < -0.3 is 30.9 Å². The van der Waals surface area contributed by atoms with Crippen LogP contribution in [0.3, 0.4) is 0 Å². The Hall–Kier alpha value is -6.88. The van der Waals surface area contributed by atoms with Crippen LogP contribution >= 0.6 is 23.5 Å². The molecule has 3 atom stereocenters. The van der Waals surface area contributed by atoms with E-state index >= 15 is 0 Å². The summed E-state index contributed by atoms with van der Waals surface area (Å²) in [6.07, 6.45) is 1.67. The molecule has 1 aromatic heterocycles. The number of benzene rings is 4. The van der Waals surface area contributed by atoms with Crippen molar-refractivity contribution in [2.75, 3.05) is 23.8 Å². The highest BCUT2D eigenvalue weighted by Gasteiger charge is 2.55. The zero-order valence-corrected chi connectivity index (χ0v) is 36.5. The first-order valence-corrected chi connectivity index (χ1v) is 22.8. The lowest BCUT2D eigenvalue weighted by molar-refractivity contribution is -0.365. The molecule has 64 heavy (non-hydrogen) atoms. The molecule has 1 fully saturated rings. The number of nitrogen functional groups attached to an aromatic ring is 1. The molecule has 8 rings (SSSR count). The fraction of sp³-hybridized carbons (Fsp3) is 0.214. The van der Waals surface area contributed by atoms with Gasteiger partial charge in [-0.2, -0.15) is 8.42 Å². The molecule has 5 amide bonds. The van der Waals surface area contributed by atoms with Crippen LogP contribution in [0.5, 0.6) is 0 Å². The van der Waals surface area contributed by atoms with Crippen molar-refractivity contribution < 1.29 is 46.7 Å². The summed E-state index contributed by atoms with van der Waals surface area (Å²) in [6, 6.07) is 27.8. The standard InChI is InChI=1S/C35H32N10O6S2.C7H8O3S/c1-43-35(40-41-42-43)53-18-23-17-52-32-27(38-30(47)26(20-12-14-24(36)15-13-20)39-34(50)44-16-25(46)37-19-44)31(48)45(32)28(23)33(49)51-29(21-8-4-2-5-9-21)22-10-6-3-7-11-22;1-6-2-4-7(5-3-6)11(8,9)10/h2-15,26-27,29,32,37H,16-18,36H2,1H3,(H,38,47)(H,39,50);2-5H,1H3,(H,8,9,10)/t26-,27-,32-;/m1./s1. The first kappa shape index (κ1) is 45.2. The predicted octanol–water partition coefficient (Wildman–Crippen LogP) is 1.39. The van der Waals surface area contributed by atoms with E-state index in [0.717, 1.165) is 21.6 Å². The van der Waals surface area contributed by atoms with E-state index in [2.05, 4.69) is 37.5 Å². The molecule has 0 saturated carbocycles. The van der Waals surface area contributed by atoms with Crippen LogP contribution in [0, 0.1) is 6.92 Å². The molecule has 3 aliphatic rings. The monoisotopic (exact) mass is 924 g/mol. The molecule has 19 nitrogen and oxygen atoms in total. The maximum Gasteiger partial charge on any atom is 0.356 e. The first-order chi connectivity index (χ1) is 30.7. The number of nitrogens with one attached hydrogen (secondary N) is 3. The Morgan fingerprint density at radius 3 is 2.17 bits per heavy atom. The fourth-order valence-electron chi connectivity index (χ4n) is 6.64. The molecule has 0 radical (unpaired) electrons. The number of tetrazole rings is 1. The average Bonchev–Trinajstić information content (AvgIpc) is 3.93. The number of aryl methyl sites for hydroxylation is 2. The zero-order chi connectivity index (χ0) is 45.5. The number of carbonyl (C=O) groups excluding carboxylic acids is 5. The van der Waals surface area contributed by atoms with Crippen molar-refractivity contribution in [1.29, 1.82) is 0 Å². The highest BCUT2D eigenvalue weighted by atomic mass is 32.2. The minimum absolute atomic E-state index is 0.0666. The van der Waals surface area contributed by atoms with Crippen LogP contribution in [0.1, 0.15) is 34.4 Å². The minimum Gasteiger partial charge on any atom is -0.448 e. The number of amides is 5. The van der Waals surface area contributed by atoms with Crippen LogP contribution in [0.15, 0.2) is 131 Å². The maximum absolute atomic E-state index is 14.3. The molecule has 4 aromatic carbocycles. The molecule has 22 heteroatoms. The summed E-state index contributed by atoms with van der Waals surface area (Å²) in [5, 5.41) is 16.9. The quantitative estimate of drug-likeness (QED) is 0.0296. The second-order valence-corrected chi connectivity index (χ2v) is 17.9. The third-order valence-electron chi connectivity index (χ3n) is 9.92. The summed E-state index contributed by atoms with van der Waals surface area (Å²) >= 11 is 2.69. The van der Waals surface area contributed by atoms with Crippen molar-refractivity contribution >= 4 is 75.4 Å². The highest BCUT2D eigenvalue weighted by molar-refractivity contribution is 8.01. The van der Waals surface area contributed by atoms with Crippen LogP contribution in [0.25, 0.3) is 0 Å². The normalized spacial score (nSPS) is 17.2. The highest BCUT2D eigenvalue weighted by Crippen LogP contribution is 2.43. The number of hydrogen-bond acceptors (Lipinski definition) is 14. The summed E-state index contributed by atoms with van der Waals surface area (Å²) in [7, 11) is -2.32. The number of hydrogen-bond donors (Lipinski definition) is 5. The molecular formula is C42H40N10O9S3. The van der Waals surface area contributed by atoms with Gasteiger partial charge in [-0.15, -0.1) is 16.9 Å². The minimum atomic E-state index is -4.02. The van der Waals surface area contributed by atoms with Crippen molar-refractivity contribution in [3.05, 3.63) is 143 Å². The Balaban J connectivity index is 0.000000487. The van der Waals surface area contributed by atoms with E-state index in [1.165, 1.54) is 45.2 Å². The van der Waals surface area contributed by atoms with E-state index in [9.17, 15) is 32.4 Å². The molecule has 3 aliphatic heterocycles. The van der Waals surface area contributed by atoms with Crippen LogP contribution in [-0.2, 0) is 41.1 Å². The Labute approximate surface area is 375 Å². The zero-order valence-electron chi connectivity index (χ0n) is 34.0. The average molecular weight is 925 g/mol. The number of nitrogens with zero attached hydrogens (tertiary/aromatic N) is 6. The Morgan fingerprint density at radius 2 is 1.61 bits per heavy atom. The summed E-state index contributed by atoms with van der Waals surface area (Å²) < 4.78 is 37.3. The van der Waals surface area contributed by atoms with Gasteiger partial charge in [-0.1, -0.05) is 102 Å². The molecule has 330 valence electrons. The smallest absolute Gasteiger partial charge is 0.356 e. The number of urea groups is 1. The number of carbonyl (C=O) groups is 5. The van der Waals surface area contributed by atoms with Gasteiger partial charge >= 0.3 is 12.0 Å². The van der Waals surface area contributed by atoms with E-state index in [0.29, 0.717) is 27.7 Å². The molecule has 6 N–H and O–H groups in total. The molecule has 0 aliphatic carbocycles. The molecule has 0 unspecified atom stereocenters. The third-order valence-corrected chi connectivity index (χ3v) is 13.2. The SMILES string of the molecule is Cc1ccc(S(=O)(=O)O)cc1.Cn1nnnc1SCC1=C(C(=O)OC(c2ccccc2)c2ccccc2)N2C(=O)[C@@H](NC(=O)[C@H](NC(=O)N3[C-]=[NH+]C(=O)C3)c3ccc(N)cc3)[C@H]2SC1. The van der Waals surface area contributed by atoms with E-state index < -0.39 is 63.4 Å². The van der Waals surface area contributed by atoms with Crippen molar-refractivity contribution in [2.45, 2.75) is 40.5 Å². The number of β-lactam (4-membered cyclic amide) rings is 1. The third kappa shape index (κ3) is 10.5. The van der Waals surface area contributed by atoms with E-state index in [1.807, 2.05) is 67.6 Å². The summed E-state index contributed by atoms with van der Waals surface area (Å²) in [5.74, 6) is -1.72. The van der Waals surface area contributed by atoms with Gasteiger partial charge in [-0.3, -0.25) is 28.7 Å². The fourth-order valence-corrected chi connectivity index (χ4v) is 9.45. The van der Waals surface area contributed by atoms with Crippen LogP contribution in [0.4, 0.5) is 10.5 Å². The van der Waals surface area contributed by atoms with E-state index in [-0.39, 0.29) is 22.9 Å². The van der Waals surface area contributed by atoms with Gasteiger partial charge in [0.2, 0.25) is 23.3 Å². The number of anilines is 1. The van der Waals surface area contributed by atoms with Crippen LogP contribution in [0.2, 0.25) is 0 Å². The van der Waals surface area contributed by atoms with Gasteiger partial charge in [0.05, 0.1) is 4.90 Å². The largest absolute Gasteiger partial charge is 0.448 e. The molecule has 5 aromatic rings. The van der Waals surface area contributed by atoms with Crippen LogP contribution in [-0.4, -0.2) is 109 Å². The number of thioether (sulfide) groups is 2. The summed E-state index contributed by atoms with van der Waals surface area (Å²) in [6.45, 7) is 1.57. The van der Waals surface area contributed by atoms with Gasteiger partial charge in [-0.25, -0.2) is 9.48 Å². The van der Waals surface area contributed by atoms with Gasteiger partial charge in [0.25, 0.3) is 16.0 Å².